The van der Waals surface area contributed by atoms with Crippen molar-refractivity contribution in [1.29, 1.82) is 0 Å². The summed E-state index contributed by atoms with van der Waals surface area (Å²) in [4.78, 5) is 3.26. The maximum Gasteiger partial charge on any atom is 0.231 e. The third-order valence-corrected chi connectivity index (χ3v) is 6.96. The normalized spacial score (nSPS) is 19.3. The number of ether oxygens (including phenoxy) is 2. The molecule has 0 spiro atoms. The summed E-state index contributed by atoms with van der Waals surface area (Å²) in [6.45, 7) is 1.13. The van der Waals surface area contributed by atoms with Crippen LogP contribution in [0.15, 0.2) is 54.7 Å². The van der Waals surface area contributed by atoms with E-state index in [4.69, 9.17) is 9.47 Å². The average Bonchev–Trinajstić information content (AvgIpc) is 3.38. The Labute approximate surface area is 173 Å². The van der Waals surface area contributed by atoms with Crippen molar-refractivity contribution in [2.75, 3.05) is 19.1 Å². The molecule has 5 rings (SSSR count). The minimum atomic E-state index is -0.913. The Hall–Kier alpha value is -2.41. The molecule has 0 aliphatic carbocycles. The predicted molar refractivity (Wildman–Crippen MR) is 117 cm³/mol. The summed E-state index contributed by atoms with van der Waals surface area (Å²) < 4.78 is 23.7. The van der Waals surface area contributed by atoms with Crippen LogP contribution in [0.25, 0.3) is 16.5 Å². The number of H-pyrrole nitrogens is 1. The molecule has 2 unspecified atom stereocenters. The maximum atomic E-state index is 12.8. The molecule has 150 valence electrons. The Balaban J connectivity index is 1.19. The lowest BCUT2D eigenvalue weighted by atomic mass is 9.94. The smallest absolute Gasteiger partial charge is 0.231 e. The highest BCUT2D eigenvalue weighted by Crippen LogP contribution is 2.37. The topological polar surface area (TPSA) is 69.3 Å². The molecule has 3 heterocycles. The van der Waals surface area contributed by atoms with E-state index >= 15 is 0 Å². The first-order chi connectivity index (χ1) is 14.3. The second-order valence-electron chi connectivity index (χ2n) is 7.55. The third kappa shape index (κ3) is 4.01. The second kappa shape index (κ2) is 8.14. The molecule has 0 saturated heterocycles. The lowest BCUT2D eigenvalue weighted by Gasteiger charge is -2.25. The molecule has 0 fully saturated rings. The molecule has 2 N–H and O–H groups in total. The Morgan fingerprint density at radius 1 is 1.10 bits per heavy atom. The molecular weight excluding hydrogens is 384 g/mol. The standard InChI is InChI=1S/C23H24N2O3S/c26-29(9-7-19-10-17(6-8-24-19)16-4-2-1-3-5-16)14-18-13-25-21-12-23-22(11-20(18)21)27-15-28-23/h1-6,11-13,19,24-25H,7-10,14-15H2. The molecular formula is C23H24N2O3S. The SMILES string of the molecule is [O-][S+](CCC1CC(c2ccccc2)=CCN1)Cc1c[nH]c2cc3c(cc12)OCO3. The maximum absolute atomic E-state index is 12.8. The van der Waals surface area contributed by atoms with Crippen LogP contribution in [-0.4, -0.2) is 34.7 Å². The van der Waals surface area contributed by atoms with Gasteiger partial charge in [0.15, 0.2) is 11.5 Å². The van der Waals surface area contributed by atoms with Crippen LogP contribution in [0.4, 0.5) is 0 Å². The molecule has 0 saturated carbocycles. The Bertz CT molecular complexity index is 1030. The van der Waals surface area contributed by atoms with Crippen molar-refractivity contribution in [2.45, 2.75) is 24.6 Å². The van der Waals surface area contributed by atoms with E-state index in [0.717, 1.165) is 47.4 Å². The lowest BCUT2D eigenvalue weighted by Crippen LogP contribution is -2.34. The minimum Gasteiger partial charge on any atom is -0.616 e. The summed E-state index contributed by atoms with van der Waals surface area (Å²) >= 11 is -0.913. The molecule has 5 nitrogen and oxygen atoms in total. The average molecular weight is 409 g/mol. The predicted octanol–water partition coefficient (Wildman–Crippen LogP) is 3.98. The number of aromatic amines is 1. The van der Waals surface area contributed by atoms with E-state index in [2.05, 4.69) is 40.6 Å². The van der Waals surface area contributed by atoms with Gasteiger partial charge in [-0.2, -0.15) is 0 Å². The van der Waals surface area contributed by atoms with Crippen molar-refractivity contribution in [3.8, 4) is 11.5 Å². The van der Waals surface area contributed by atoms with Gasteiger partial charge in [0.2, 0.25) is 6.79 Å². The van der Waals surface area contributed by atoms with Crippen LogP contribution in [0.5, 0.6) is 11.5 Å². The zero-order valence-corrected chi connectivity index (χ0v) is 17.0. The number of benzene rings is 2. The first-order valence-electron chi connectivity index (χ1n) is 9.99. The van der Waals surface area contributed by atoms with E-state index in [9.17, 15) is 4.55 Å². The summed E-state index contributed by atoms with van der Waals surface area (Å²) in [5.74, 6) is 2.76. The summed E-state index contributed by atoms with van der Waals surface area (Å²) in [6, 6.07) is 14.8. The molecule has 0 radical (unpaired) electrons. The van der Waals surface area contributed by atoms with Crippen LogP contribution in [0, 0.1) is 0 Å². The quantitative estimate of drug-likeness (QED) is 0.606. The summed E-state index contributed by atoms with van der Waals surface area (Å²) in [7, 11) is 0. The van der Waals surface area contributed by atoms with Gasteiger partial charge in [-0.05, 0) is 34.8 Å². The largest absolute Gasteiger partial charge is 0.616 e. The summed E-state index contributed by atoms with van der Waals surface area (Å²) in [6.07, 6.45) is 6.11. The summed E-state index contributed by atoms with van der Waals surface area (Å²) in [5.41, 5.74) is 4.73. The number of nitrogens with one attached hydrogen (secondary N) is 2. The first-order valence-corrected chi connectivity index (χ1v) is 11.5. The molecule has 6 heteroatoms. The van der Waals surface area contributed by atoms with E-state index in [1.807, 2.05) is 24.4 Å². The van der Waals surface area contributed by atoms with Crippen LogP contribution in [-0.2, 0) is 16.9 Å². The van der Waals surface area contributed by atoms with Crippen LogP contribution < -0.4 is 14.8 Å². The van der Waals surface area contributed by atoms with Crippen molar-refractivity contribution in [2.24, 2.45) is 0 Å². The monoisotopic (exact) mass is 408 g/mol. The Morgan fingerprint density at radius 3 is 2.79 bits per heavy atom. The highest BCUT2D eigenvalue weighted by atomic mass is 32.2. The summed E-state index contributed by atoms with van der Waals surface area (Å²) in [5, 5.41) is 4.61. The van der Waals surface area contributed by atoms with Gasteiger partial charge in [0, 0.05) is 47.7 Å². The number of aromatic nitrogens is 1. The fourth-order valence-electron chi connectivity index (χ4n) is 4.07. The molecule has 2 aliphatic heterocycles. The van der Waals surface area contributed by atoms with Gasteiger partial charge in [-0.25, -0.2) is 0 Å². The van der Waals surface area contributed by atoms with Crippen LogP contribution in [0.1, 0.15) is 24.0 Å². The van der Waals surface area contributed by atoms with Crippen molar-refractivity contribution in [1.82, 2.24) is 10.3 Å². The molecule has 3 aromatic rings. The molecule has 2 atom stereocenters. The van der Waals surface area contributed by atoms with Gasteiger partial charge < -0.3 is 24.3 Å². The fourth-order valence-corrected chi connectivity index (χ4v) is 5.35. The van der Waals surface area contributed by atoms with Crippen LogP contribution in [0.2, 0.25) is 0 Å². The van der Waals surface area contributed by atoms with Crippen molar-refractivity contribution in [3.05, 3.63) is 65.9 Å². The van der Waals surface area contributed by atoms with E-state index in [1.165, 1.54) is 11.1 Å². The van der Waals surface area contributed by atoms with Crippen LogP contribution in [0.3, 0.4) is 0 Å². The molecule has 29 heavy (non-hydrogen) atoms. The molecule has 1 aromatic heterocycles. The van der Waals surface area contributed by atoms with Gasteiger partial charge in [0.25, 0.3) is 0 Å². The Morgan fingerprint density at radius 2 is 1.93 bits per heavy atom. The van der Waals surface area contributed by atoms with Gasteiger partial charge in [0.1, 0.15) is 11.5 Å². The number of hydrogen-bond acceptors (Lipinski definition) is 4. The molecule has 0 amide bonds. The third-order valence-electron chi connectivity index (χ3n) is 5.64. The van der Waals surface area contributed by atoms with E-state index in [-0.39, 0.29) is 6.79 Å². The van der Waals surface area contributed by atoms with Gasteiger partial charge in [0.05, 0.1) is 0 Å². The molecule has 0 bridgehead atoms. The first kappa shape index (κ1) is 18.6. The number of rotatable bonds is 6. The highest BCUT2D eigenvalue weighted by Gasteiger charge is 2.21. The van der Waals surface area contributed by atoms with Crippen molar-refractivity contribution < 1.29 is 14.0 Å². The second-order valence-corrected chi connectivity index (χ2v) is 9.12. The van der Waals surface area contributed by atoms with E-state index in [1.54, 1.807) is 0 Å². The highest BCUT2D eigenvalue weighted by molar-refractivity contribution is 7.90. The fraction of sp³-hybridized carbons (Fsp3) is 0.304. The van der Waals surface area contributed by atoms with Crippen molar-refractivity contribution >= 4 is 27.7 Å². The zero-order valence-electron chi connectivity index (χ0n) is 16.1. The van der Waals surface area contributed by atoms with Gasteiger partial charge in [-0.1, -0.05) is 36.4 Å². The molecule has 2 aliphatic rings. The van der Waals surface area contributed by atoms with E-state index < -0.39 is 11.2 Å². The van der Waals surface area contributed by atoms with Crippen molar-refractivity contribution in [3.63, 3.8) is 0 Å². The van der Waals surface area contributed by atoms with Crippen LogP contribution >= 0.6 is 0 Å². The van der Waals surface area contributed by atoms with Gasteiger partial charge in [-0.3, -0.25) is 0 Å². The number of fused-ring (bicyclic) bond motifs is 2. The van der Waals surface area contributed by atoms with E-state index in [0.29, 0.717) is 17.5 Å². The zero-order chi connectivity index (χ0) is 19.6. The Kier molecular flexibility index (Phi) is 5.23. The van der Waals surface area contributed by atoms with Gasteiger partial charge in [-0.15, -0.1) is 0 Å². The lowest BCUT2D eigenvalue weighted by molar-refractivity contribution is 0.174. The molecule has 2 aromatic carbocycles. The number of hydrogen-bond donors (Lipinski definition) is 2. The minimum absolute atomic E-state index is 0.261. The van der Waals surface area contributed by atoms with Gasteiger partial charge >= 0.3 is 0 Å².